The molecule has 1 aliphatic rings. The number of likely N-dealkylation sites (tertiary alicyclic amines) is 1. The second-order valence-electron chi connectivity index (χ2n) is 12.4. The fourth-order valence-electron chi connectivity index (χ4n) is 5.33. The maximum atomic E-state index is 12.8. The summed E-state index contributed by atoms with van der Waals surface area (Å²) in [4.78, 5) is 38.6. The zero-order valence-electron chi connectivity index (χ0n) is 28.8. The summed E-state index contributed by atoms with van der Waals surface area (Å²) in [5.74, 6) is -0.397. The number of halogens is 1. The van der Waals surface area contributed by atoms with Crippen LogP contribution in [0.15, 0.2) is 12.1 Å². The standard InChI is InChI=1S/C33H56ClN5O11/c1-48-29-16-26(35)25(34)15-24(29)33(47)38-23-6-10-39(11-7-23)9-4-2-3-5-30(44)37-8-12-49-13-14-50-21-22(19-40)17-36-18-27(42)31(45)32(46)28(43)20-41/h15-16,19,22-23,27-28,31-32,36,41-43,45-46H,2-14,17-18,20-21,35H2,1H3,(H,37,44)(H,38,47)/t22?,27-,28+,31+,32+/m0/s1. The first kappa shape index (κ1) is 43.5. The van der Waals surface area contributed by atoms with Gasteiger partial charge in [0, 0.05) is 51.3 Å². The Morgan fingerprint density at radius 3 is 2.40 bits per heavy atom. The molecule has 10 N–H and O–H groups in total. The zero-order valence-corrected chi connectivity index (χ0v) is 29.6. The topological polar surface area (TPSA) is 245 Å². The molecule has 2 amide bonds. The van der Waals surface area contributed by atoms with E-state index in [1.165, 1.54) is 13.2 Å². The van der Waals surface area contributed by atoms with Gasteiger partial charge in [-0.1, -0.05) is 18.0 Å². The fraction of sp³-hybridized carbons (Fsp3) is 0.727. The van der Waals surface area contributed by atoms with Crippen LogP contribution in [0.3, 0.4) is 0 Å². The Hall–Kier alpha value is -2.64. The molecular formula is C33H56ClN5O11. The molecule has 0 spiro atoms. The van der Waals surface area contributed by atoms with Crippen molar-refractivity contribution in [2.45, 2.75) is 69.0 Å². The molecule has 0 bridgehead atoms. The highest BCUT2D eigenvalue weighted by Crippen LogP contribution is 2.29. The van der Waals surface area contributed by atoms with E-state index >= 15 is 0 Å². The molecule has 1 heterocycles. The number of unbranched alkanes of at least 4 members (excludes halogenated alkanes) is 2. The molecule has 1 aromatic rings. The number of ether oxygens (including phenoxy) is 3. The van der Waals surface area contributed by atoms with E-state index in [2.05, 4.69) is 20.9 Å². The number of anilines is 1. The SMILES string of the molecule is COc1cc(N)c(Cl)cc1C(=O)NC1CCN(CCCCCC(=O)NCCOCCOCC(C=O)CNC[C@H](O)[C@@H](O)[C@H](O)[C@H](O)CO)CC1. The molecule has 0 aromatic heterocycles. The van der Waals surface area contributed by atoms with Gasteiger partial charge < -0.3 is 71.1 Å². The average molecular weight is 734 g/mol. The zero-order chi connectivity index (χ0) is 36.9. The Morgan fingerprint density at radius 1 is 1.02 bits per heavy atom. The molecule has 17 heteroatoms. The molecular weight excluding hydrogens is 678 g/mol. The number of nitrogen functional groups attached to an aromatic ring is 1. The van der Waals surface area contributed by atoms with Gasteiger partial charge in [-0.25, -0.2) is 0 Å². The van der Waals surface area contributed by atoms with Crippen LogP contribution in [0.4, 0.5) is 5.69 Å². The van der Waals surface area contributed by atoms with Crippen LogP contribution >= 0.6 is 11.6 Å². The molecule has 50 heavy (non-hydrogen) atoms. The lowest BCUT2D eigenvalue weighted by atomic mass is 10.0. The van der Waals surface area contributed by atoms with Crippen LogP contribution in [-0.2, 0) is 19.1 Å². The van der Waals surface area contributed by atoms with Crippen molar-refractivity contribution in [2.24, 2.45) is 5.92 Å². The minimum Gasteiger partial charge on any atom is -0.496 e. The van der Waals surface area contributed by atoms with Gasteiger partial charge in [0.25, 0.3) is 5.91 Å². The van der Waals surface area contributed by atoms with E-state index in [4.69, 9.17) is 36.7 Å². The van der Waals surface area contributed by atoms with Gasteiger partial charge in [0.2, 0.25) is 5.91 Å². The number of hydrogen-bond donors (Lipinski definition) is 9. The molecule has 286 valence electrons. The monoisotopic (exact) mass is 733 g/mol. The molecule has 2 rings (SSSR count). The summed E-state index contributed by atoms with van der Waals surface area (Å²) >= 11 is 6.10. The van der Waals surface area contributed by atoms with E-state index in [9.17, 15) is 34.8 Å². The molecule has 16 nitrogen and oxygen atoms in total. The van der Waals surface area contributed by atoms with Crippen LogP contribution in [-0.4, -0.2) is 158 Å². The van der Waals surface area contributed by atoms with Gasteiger partial charge in [-0.2, -0.15) is 0 Å². The van der Waals surface area contributed by atoms with Crippen molar-refractivity contribution in [1.82, 2.24) is 20.9 Å². The van der Waals surface area contributed by atoms with Gasteiger partial charge >= 0.3 is 0 Å². The third kappa shape index (κ3) is 16.1. The molecule has 1 fully saturated rings. The van der Waals surface area contributed by atoms with E-state index in [0.717, 1.165) is 51.7 Å². The number of benzene rings is 1. The highest BCUT2D eigenvalue weighted by atomic mass is 35.5. The number of aliphatic hydroxyl groups excluding tert-OH is 5. The normalized spacial score (nSPS) is 17.0. The molecule has 1 aliphatic heterocycles. The minimum absolute atomic E-state index is 0.0292. The van der Waals surface area contributed by atoms with Crippen LogP contribution < -0.4 is 26.4 Å². The number of carbonyl (C=O) groups is 3. The molecule has 1 unspecified atom stereocenters. The molecule has 0 saturated carbocycles. The highest BCUT2D eigenvalue weighted by molar-refractivity contribution is 6.33. The number of amides is 2. The van der Waals surface area contributed by atoms with E-state index in [1.54, 1.807) is 6.07 Å². The summed E-state index contributed by atoms with van der Waals surface area (Å²) in [6.45, 7) is 3.27. The number of nitrogens with one attached hydrogen (secondary N) is 3. The van der Waals surface area contributed by atoms with Crippen molar-refractivity contribution < 1.29 is 54.1 Å². The molecule has 1 aromatic carbocycles. The fourth-order valence-corrected chi connectivity index (χ4v) is 5.49. The van der Waals surface area contributed by atoms with Gasteiger partial charge in [-0.3, -0.25) is 9.59 Å². The smallest absolute Gasteiger partial charge is 0.255 e. The number of hydrogen-bond acceptors (Lipinski definition) is 14. The lowest BCUT2D eigenvalue weighted by molar-refractivity contribution is -0.121. The first-order valence-corrected chi connectivity index (χ1v) is 17.5. The Balaban J connectivity index is 1.44. The van der Waals surface area contributed by atoms with Crippen LogP contribution in [0.5, 0.6) is 5.75 Å². The second kappa shape index (κ2) is 24.5. The van der Waals surface area contributed by atoms with Crippen LogP contribution in [0.1, 0.15) is 48.9 Å². The number of aldehydes is 1. The van der Waals surface area contributed by atoms with E-state index in [-0.39, 0.29) is 50.8 Å². The quantitative estimate of drug-likeness (QED) is 0.0305. The van der Waals surface area contributed by atoms with Crippen molar-refractivity contribution in [1.29, 1.82) is 0 Å². The Labute approximate surface area is 298 Å². The van der Waals surface area contributed by atoms with Crippen molar-refractivity contribution in [2.75, 3.05) is 85.1 Å². The van der Waals surface area contributed by atoms with Crippen LogP contribution in [0.25, 0.3) is 0 Å². The van der Waals surface area contributed by atoms with Crippen molar-refractivity contribution >= 4 is 35.4 Å². The van der Waals surface area contributed by atoms with Crippen LogP contribution in [0.2, 0.25) is 5.02 Å². The number of piperidine rings is 1. The Morgan fingerprint density at radius 2 is 1.72 bits per heavy atom. The number of nitrogens with zero attached hydrogens (tertiary/aromatic N) is 1. The largest absolute Gasteiger partial charge is 0.496 e. The molecule has 1 saturated heterocycles. The van der Waals surface area contributed by atoms with Gasteiger partial charge in [0.05, 0.1) is 68.4 Å². The van der Waals surface area contributed by atoms with Gasteiger partial charge in [0.15, 0.2) is 0 Å². The highest BCUT2D eigenvalue weighted by Gasteiger charge is 2.30. The maximum absolute atomic E-state index is 12.8. The summed E-state index contributed by atoms with van der Waals surface area (Å²) in [6.07, 6.45) is -0.859. The number of carbonyl (C=O) groups excluding carboxylic acids is 3. The van der Waals surface area contributed by atoms with E-state index in [0.29, 0.717) is 47.9 Å². The van der Waals surface area contributed by atoms with Crippen molar-refractivity contribution in [3.63, 3.8) is 0 Å². The third-order valence-corrected chi connectivity index (χ3v) is 8.74. The van der Waals surface area contributed by atoms with Crippen LogP contribution in [0, 0.1) is 5.92 Å². The van der Waals surface area contributed by atoms with E-state index < -0.39 is 36.9 Å². The Bertz CT molecular complexity index is 1150. The van der Waals surface area contributed by atoms with E-state index in [1.807, 2.05) is 0 Å². The number of methoxy groups -OCH3 is 1. The van der Waals surface area contributed by atoms with Crippen molar-refractivity contribution in [3.05, 3.63) is 22.7 Å². The minimum atomic E-state index is -1.72. The maximum Gasteiger partial charge on any atom is 0.255 e. The predicted octanol–water partition coefficient (Wildman–Crippen LogP) is -1.32. The molecule has 0 radical (unpaired) electrons. The summed E-state index contributed by atoms with van der Waals surface area (Å²) in [6, 6.07) is 3.15. The summed E-state index contributed by atoms with van der Waals surface area (Å²) in [5, 5.41) is 56.5. The number of rotatable bonds is 26. The molecule has 0 aliphatic carbocycles. The molecule has 5 atom stereocenters. The number of nitrogens with two attached hydrogens (primary N) is 1. The van der Waals surface area contributed by atoms with Gasteiger partial charge in [-0.15, -0.1) is 0 Å². The average Bonchev–Trinajstić information content (AvgIpc) is 3.12. The first-order valence-electron chi connectivity index (χ1n) is 17.1. The first-order chi connectivity index (χ1) is 24.0. The van der Waals surface area contributed by atoms with Crippen molar-refractivity contribution in [3.8, 4) is 5.75 Å². The summed E-state index contributed by atoms with van der Waals surface area (Å²) in [7, 11) is 1.48. The predicted molar refractivity (Wildman–Crippen MR) is 186 cm³/mol. The van der Waals surface area contributed by atoms with Gasteiger partial charge in [-0.05, 0) is 38.3 Å². The third-order valence-electron chi connectivity index (χ3n) is 8.41. The Kier molecular flexibility index (Phi) is 21.4. The second-order valence-corrected chi connectivity index (χ2v) is 12.8. The summed E-state index contributed by atoms with van der Waals surface area (Å²) in [5.41, 5.74) is 6.53. The lowest BCUT2D eigenvalue weighted by Crippen LogP contribution is -2.49. The van der Waals surface area contributed by atoms with Gasteiger partial charge in [0.1, 0.15) is 30.3 Å². The lowest BCUT2D eigenvalue weighted by Gasteiger charge is -2.32. The number of aliphatic hydroxyl groups is 5. The summed E-state index contributed by atoms with van der Waals surface area (Å²) < 4.78 is 16.2.